The molecule has 0 aliphatic heterocycles. The number of amides is 2. The third-order valence-corrected chi connectivity index (χ3v) is 5.93. The Kier molecular flexibility index (Phi) is 6.21. The summed E-state index contributed by atoms with van der Waals surface area (Å²) in [5, 5.41) is 10.5. The molecule has 2 heterocycles. The molecule has 3 aromatic rings. The van der Waals surface area contributed by atoms with Crippen LogP contribution < -0.4 is 10.2 Å². The average Bonchev–Trinajstić information content (AvgIpc) is 3.39. The minimum atomic E-state index is -0.803. The number of carbonyl (C=O) groups is 2. The Bertz CT molecular complexity index is 909. The monoisotopic (exact) mass is 414 g/mol. The highest BCUT2D eigenvalue weighted by Gasteiger charge is 2.36. The first-order valence-electron chi connectivity index (χ1n) is 8.94. The maximum absolute atomic E-state index is 13.4. The van der Waals surface area contributed by atoms with Crippen LogP contribution in [0.4, 0.5) is 5.69 Å². The van der Waals surface area contributed by atoms with E-state index in [9.17, 15) is 9.59 Å². The number of carbonyl (C=O) groups excluding carboxylic acids is 2. The number of para-hydroxylation sites is 1. The fraction of sp³-hybridized carbons (Fsp3) is 0.300. The van der Waals surface area contributed by atoms with E-state index in [0.717, 1.165) is 22.8 Å². The van der Waals surface area contributed by atoms with Crippen LogP contribution >= 0.6 is 22.9 Å². The van der Waals surface area contributed by atoms with E-state index < -0.39 is 6.04 Å². The van der Waals surface area contributed by atoms with Crippen molar-refractivity contribution in [3.8, 4) is 0 Å². The van der Waals surface area contributed by atoms with Gasteiger partial charge in [-0.1, -0.05) is 35.7 Å². The summed E-state index contributed by atoms with van der Waals surface area (Å²) in [7, 11) is 0. The van der Waals surface area contributed by atoms with Crippen LogP contribution in [0.1, 0.15) is 48.6 Å². The molecular weight excluding hydrogens is 392 g/mol. The van der Waals surface area contributed by atoms with E-state index >= 15 is 0 Å². The van der Waals surface area contributed by atoms with Crippen molar-refractivity contribution < 1.29 is 9.59 Å². The largest absolute Gasteiger partial charge is 0.349 e. The van der Waals surface area contributed by atoms with Gasteiger partial charge in [-0.25, -0.2) is 0 Å². The van der Waals surface area contributed by atoms with Gasteiger partial charge in [0.25, 0.3) is 5.91 Å². The average molecular weight is 415 g/mol. The molecule has 0 saturated heterocycles. The van der Waals surface area contributed by atoms with Crippen LogP contribution in [-0.2, 0) is 4.79 Å². The highest BCUT2D eigenvalue weighted by atomic mass is 32.1. The molecule has 6 nitrogen and oxygen atoms in total. The number of aromatic nitrogens is 2. The Hall–Kier alpha value is -2.58. The van der Waals surface area contributed by atoms with Gasteiger partial charge in [0.1, 0.15) is 0 Å². The maximum Gasteiger partial charge on any atom is 0.280 e. The second-order valence-electron chi connectivity index (χ2n) is 6.95. The summed E-state index contributed by atoms with van der Waals surface area (Å²) in [5.41, 5.74) is 0.460. The number of thiophene rings is 1. The molecule has 0 spiro atoms. The Balaban J connectivity index is 2.09. The number of rotatable bonds is 7. The van der Waals surface area contributed by atoms with Crippen LogP contribution in [0.2, 0.25) is 0 Å². The SMILES string of the molecule is CCC(C)(C)NC(=O)[C@@H](c1cccs1)N(C(=O)c1csnn1)c1ccccc1. The number of benzene rings is 1. The molecule has 0 fully saturated rings. The molecule has 8 heteroatoms. The van der Waals surface area contributed by atoms with Crippen molar-refractivity contribution in [1.29, 1.82) is 0 Å². The first kappa shape index (κ1) is 20.2. The molecule has 0 radical (unpaired) electrons. The quantitative estimate of drug-likeness (QED) is 0.626. The van der Waals surface area contributed by atoms with E-state index in [4.69, 9.17) is 0 Å². The summed E-state index contributed by atoms with van der Waals surface area (Å²) in [6, 6.07) is 12.1. The number of hydrogen-bond acceptors (Lipinski definition) is 6. The third-order valence-electron chi connectivity index (χ3n) is 4.50. The van der Waals surface area contributed by atoms with Gasteiger partial charge >= 0.3 is 0 Å². The first-order valence-corrected chi connectivity index (χ1v) is 10.7. The second kappa shape index (κ2) is 8.62. The smallest absolute Gasteiger partial charge is 0.280 e. The van der Waals surface area contributed by atoms with E-state index in [0.29, 0.717) is 5.69 Å². The molecule has 0 saturated carbocycles. The van der Waals surface area contributed by atoms with Crippen molar-refractivity contribution in [2.45, 2.75) is 38.8 Å². The zero-order chi connectivity index (χ0) is 20.1. The van der Waals surface area contributed by atoms with Crippen LogP contribution in [0.15, 0.2) is 53.2 Å². The van der Waals surface area contributed by atoms with Crippen LogP contribution in [0, 0.1) is 0 Å². The van der Waals surface area contributed by atoms with Crippen LogP contribution in [0.5, 0.6) is 0 Å². The summed E-state index contributed by atoms with van der Waals surface area (Å²) < 4.78 is 3.81. The van der Waals surface area contributed by atoms with Gasteiger partial charge in [0.15, 0.2) is 11.7 Å². The molecule has 28 heavy (non-hydrogen) atoms. The summed E-state index contributed by atoms with van der Waals surface area (Å²) >= 11 is 2.55. The molecule has 1 atom stereocenters. The third kappa shape index (κ3) is 4.45. The highest BCUT2D eigenvalue weighted by molar-refractivity contribution is 7.10. The van der Waals surface area contributed by atoms with Crippen LogP contribution in [-0.4, -0.2) is 26.9 Å². The Morgan fingerprint density at radius 2 is 1.93 bits per heavy atom. The van der Waals surface area contributed by atoms with E-state index in [1.54, 1.807) is 5.38 Å². The molecule has 1 aromatic carbocycles. The Labute approximate surface area is 172 Å². The lowest BCUT2D eigenvalue weighted by Gasteiger charge is -2.33. The summed E-state index contributed by atoms with van der Waals surface area (Å²) in [5.74, 6) is -0.586. The highest BCUT2D eigenvalue weighted by Crippen LogP contribution is 2.32. The standard InChI is InChI=1S/C20H22N4O2S2/c1-4-20(2,3)21-18(25)17(16-11-8-12-27-16)24(14-9-6-5-7-10-14)19(26)15-13-28-23-22-15/h5-13,17H,4H2,1-3H3,(H,21,25)/t17-/m1/s1. The lowest BCUT2D eigenvalue weighted by Crippen LogP contribution is -2.50. The lowest BCUT2D eigenvalue weighted by atomic mass is 10.0. The zero-order valence-electron chi connectivity index (χ0n) is 16.0. The first-order chi connectivity index (χ1) is 13.4. The molecule has 146 valence electrons. The molecule has 2 amide bonds. The van der Waals surface area contributed by atoms with Gasteiger partial charge in [-0.3, -0.25) is 14.5 Å². The summed E-state index contributed by atoms with van der Waals surface area (Å²) in [6.45, 7) is 5.95. The topological polar surface area (TPSA) is 75.2 Å². The number of nitrogens with one attached hydrogen (secondary N) is 1. The number of anilines is 1. The van der Waals surface area contributed by atoms with Crippen LogP contribution in [0.3, 0.4) is 0 Å². The molecule has 0 aliphatic rings. The molecular formula is C20H22N4O2S2. The van der Waals surface area contributed by atoms with Gasteiger partial charge < -0.3 is 5.32 Å². The van der Waals surface area contributed by atoms with Gasteiger partial charge in [0, 0.05) is 21.5 Å². The summed E-state index contributed by atoms with van der Waals surface area (Å²) in [4.78, 5) is 29.0. The van der Waals surface area contributed by atoms with Crippen molar-refractivity contribution in [2.24, 2.45) is 0 Å². The lowest BCUT2D eigenvalue weighted by molar-refractivity contribution is -0.124. The van der Waals surface area contributed by atoms with Gasteiger partial charge in [-0.05, 0) is 55.4 Å². The normalized spacial score (nSPS) is 12.4. The molecule has 0 aliphatic carbocycles. The molecule has 0 unspecified atom stereocenters. The Morgan fingerprint density at radius 1 is 1.18 bits per heavy atom. The predicted octanol–water partition coefficient (Wildman–Crippen LogP) is 4.29. The minimum Gasteiger partial charge on any atom is -0.349 e. The summed E-state index contributed by atoms with van der Waals surface area (Å²) in [6.07, 6.45) is 0.769. The fourth-order valence-electron chi connectivity index (χ4n) is 2.66. The molecule has 1 N–H and O–H groups in total. The molecule has 3 rings (SSSR count). The van der Waals surface area contributed by atoms with E-state index in [1.165, 1.54) is 16.2 Å². The van der Waals surface area contributed by atoms with Gasteiger partial charge in [-0.2, -0.15) is 0 Å². The molecule has 0 bridgehead atoms. The van der Waals surface area contributed by atoms with Crippen molar-refractivity contribution >= 4 is 40.4 Å². The van der Waals surface area contributed by atoms with E-state index in [-0.39, 0.29) is 23.0 Å². The van der Waals surface area contributed by atoms with E-state index in [1.807, 2.05) is 68.6 Å². The number of hydrogen-bond donors (Lipinski definition) is 1. The number of nitrogens with zero attached hydrogens (tertiary/aromatic N) is 3. The molecule has 2 aromatic heterocycles. The second-order valence-corrected chi connectivity index (χ2v) is 8.53. The van der Waals surface area contributed by atoms with Crippen molar-refractivity contribution in [1.82, 2.24) is 14.9 Å². The fourth-order valence-corrected chi connectivity index (χ4v) is 3.91. The van der Waals surface area contributed by atoms with Crippen molar-refractivity contribution in [3.05, 3.63) is 63.8 Å². The van der Waals surface area contributed by atoms with Gasteiger partial charge in [0.2, 0.25) is 5.91 Å². The van der Waals surface area contributed by atoms with Crippen LogP contribution in [0.25, 0.3) is 0 Å². The zero-order valence-corrected chi connectivity index (χ0v) is 17.6. The van der Waals surface area contributed by atoms with Crippen molar-refractivity contribution in [3.63, 3.8) is 0 Å². The predicted molar refractivity (Wildman–Crippen MR) is 113 cm³/mol. The maximum atomic E-state index is 13.4. The minimum absolute atomic E-state index is 0.220. The van der Waals surface area contributed by atoms with E-state index in [2.05, 4.69) is 14.9 Å². The Morgan fingerprint density at radius 3 is 2.50 bits per heavy atom. The van der Waals surface area contributed by atoms with Gasteiger partial charge in [0.05, 0.1) is 0 Å². The van der Waals surface area contributed by atoms with Crippen molar-refractivity contribution in [2.75, 3.05) is 4.90 Å². The van der Waals surface area contributed by atoms with Gasteiger partial charge in [-0.15, -0.1) is 16.4 Å².